The molecule has 0 aromatic rings. The van der Waals surface area contributed by atoms with E-state index >= 15 is 0 Å². The molecule has 70 valence electrons. The predicted molar refractivity (Wildman–Crippen MR) is 60.9 cm³/mol. The van der Waals surface area contributed by atoms with E-state index in [-0.39, 0.29) is 0 Å². The number of allylic oxidation sites excluding steroid dienone is 5. The predicted octanol–water partition coefficient (Wildman–Crippen LogP) is 2.45. The lowest BCUT2D eigenvalue weighted by atomic mass is 10.1. The van der Waals surface area contributed by atoms with Gasteiger partial charge < -0.3 is 0 Å². The summed E-state index contributed by atoms with van der Waals surface area (Å²) in [6.07, 6.45) is 9.27. The Balaban J connectivity index is 5.10. The van der Waals surface area contributed by atoms with E-state index in [0.29, 0.717) is 0 Å². The molecule has 0 aliphatic carbocycles. The number of nitrogens with zero attached hydrogens (tertiary/aromatic N) is 2. The van der Waals surface area contributed by atoms with Crippen molar-refractivity contribution in [3.05, 3.63) is 36.0 Å². The van der Waals surface area contributed by atoms with Crippen molar-refractivity contribution < 1.29 is 0 Å². The third-order valence-electron chi connectivity index (χ3n) is 1.44. The molecule has 0 atom stereocenters. The molecular formula is C11H16N2. The van der Waals surface area contributed by atoms with E-state index in [9.17, 15) is 0 Å². The topological polar surface area (TPSA) is 24.7 Å². The van der Waals surface area contributed by atoms with Gasteiger partial charge >= 0.3 is 0 Å². The molecule has 2 nitrogen and oxygen atoms in total. The van der Waals surface area contributed by atoms with Crippen LogP contribution in [0.15, 0.2) is 45.9 Å². The zero-order valence-corrected chi connectivity index (χ0v) is 8.49. The third kappa shape index (κ3) is 4.21. The van der Waals surface area contributed by atoms with E-state index in [4.69, 9.17) is 0 Å². The summed E-state index contributed by atoms with van der Waals surface area (Å²) in [5.74, 6) is 0. The molecule has 0 aliphatic heterocycles. The lowest BCUT2D eigenvalue weighted by Crippen LogP contribution is -1.91. The maximum absolute atomic E-state index is 3.95. The average molecular weight is 176 g/mol. The van der Waals surface area contributed by atoms with Gasteiger partial charge in [0.1, 0.15) is 0 Å². The van der Waals surface area contributed by atoms with Crippen LogP contribution in [0.3, 0.4) is 0 Å². The molecule has 13 heavy (non-hydrogen) atoms. The van der Waals surface area contributed by atoms with Gasteiger partial charge in [-0.3, -0.25) is 9.98 Å². The van der Waals surface area contributed by atoms with Gasteiger partial charge in [-0.15, -0.1) is 0 Å². The number of hydrogen-bond donors (Lipinski definition) is 0. The van der Waals surface area contributed by atoms with Crippen molar-refractivity contribution in [2.45, 2.75) is 6.92 Å². The standard InChI is InChI=1S/C11H16N2/c1-5-7-10(6-2)11(8-12-3)9-13-4/h5-9H,2H2,1,3-4H3/b7-5-,11-10?,12-8?,13-9?. The summed E-state index contributed by atoms with van der Waals surface area (Å²) in [6, 6.07) is 0. The molecule has 0 aromatic carbocycles. The summed E-state index contributed by atoms with van der Waals surface area (Å²) >= 11 is 0. The van der Waals surface area contributed by atoms with Crippen molar-refractivity contribution in [3.63, 3.8) is 0 Å². The fraction of sp³-hybridized carbons (Fsp3) is 0.273. The minimum Gasteiger partial charge on any atom is -0.296 e. The van der Waals surface area contributed by atoms with E-state index in [2.05, 4.69) is 16.6 Å². The minimum absolute atomic E-state index is 0.970. The first-order valence-corrected chi connectivity index (χ1v) is 4.13. The normalized spacial score (nSPS) is 11.6. The largest absolute Gasteiger partial charge is 0.296 e. The Morgan fingerprint density at radius 2 is 1.62 bits per heavy atom. The van der Waals surface area contributed by atoms with Crippen LogP contribution in [0.1, 0.15) is 6.92 Å². The van der Waals surface area contributed by atoms with Crippen molar-refractivity contribution in [3.8, 4) is 0 Å². The SMILES string of the molecule is C=CC(/C=C\C)=C(C=NC)C=NC. The highest BCUT2D eigenvalue weighted by atomic mass is 14.7. The second-order valence-electron chi connectivity index (χ2n) is 2.39. The highest BCUT2D eigenvalue weighted by Crippen LogP contribution is 2.04. The van der Waals surface area contributed by atoms with Crippen LogP contribution >= 0.6 is 0 Å². The molecule has 2 heteroatoms. The fourth-order valence-electron chi connectivity index (χ4n) is 0.922. The summed E-state index contributed by atoms with van der Waals surface area (Å²) in [7, 11) is 3.47. The summed E-state index contributed by atoms with van der Waals surface area (Å²) in [5, 5.41) is 0. The highest BCUT2D eigenvalue weighted by Gasteiger charge is 1.93. The summed E-state index contributed by atoms with van der Waals surface area (Å²) in [6.45, 7) is 5.70. The van der Waals surface area contributed by atoms with Crippen LogP contribution in [0.4, 0.5) is 0 Å². The van der Waals surface area contributed by atoms with Gasteiger partial charge in [-0.05, 0) is 12.5 Å². The Labute approximate surface area is 80.1 Å². The second-order valence-corrected chi connectivity index (χ2v) is 2.39. The van der Waals surface area contributed by atoms with Gasteiger partial charge in [0, 0.05) is 32.1 Å². The molecule has 0 N–H and O–H groups in total. The molecule has 0 saturated heterocycles. The van der Waals surface area contributed by atoms with Crippen LogP contribution in [-0.4, -0.2) is 26.5 Å². The van der Waals surface area contributed by atoms with Gasteiger partial charge in [-0.2, -0.15) is 0 Å². The van der Waals surface area contributed by atoms with E-state index in [1.54, 1.807) is 32.6 Å². The van der Waals surface area contributed by atoms with E-state index in [1.165, 1.54) is 0 Å². The van der Waals surface area contributed by atoms with E-state index in [1.807, 2.05) is 19.1 Å². The average Bonchev–Trinajstić information content (AvgIpc) is 2.14. The monoisotopic (exact) mass is 176 g/mol. The van der Waals surface area contributed by atoms with E-state index < -0.39 is 0 Å². The van der Waals surface area contributed by atoms with Crippen LogP contribution < -0.4 is 0 Å². The van der Waals surface area contributed by atoms with Gasteiger partial charge in [-0.1, -0.05) is 24.8 Å². The molecule has 0 fully saturated rings. The van der Waals surface area contributed by atoms with Crippen LogP contribution in [0.25, 0.3) is 0 Å². The van der Waals surface area contributed by atoms with Crippen molar-refractivity contribution in [1.82, 2.24) is 0 Å². The molecule has 0 rings (SSSR count). The fourth-order valence-corrected chi connectivity index (χ4v) is 0.922. The van der Waals surface area contributed by atoms with Crippen LogP contribution in [0.2, 0.25) is 0 Å². The van der Waals surface area contributed by atoms with Crippen LogP contribution in [0.5, 0.6) is 0 Å². The minimum atomic E-state index is 0.970. The molecule has 0 aromatic heterocycles. The van der Waals surface area contributed by atoms with Crippen LogP contribution in [-0.2, 0) is 0 Å². The Kier molecular flexibility index (Phi) is 6.42. The van der Waals surface area contributed by atoms with Crippen molar-refractivity contribution >= 4 is 12.4 Å². The molecule has 0 spiro atoms. The Morgan fingerprint density at radius 1 is 1.08 bits per heavy atom. The Hall–Kier alpha value is -1.44. The molecule has 0 bridgehead atoms. The van der Waals surface area contributed by atoms with Gasteiger partial charge in [0.25, 0.3) is 0 Å². The lowest BCUT2D eigenvalue weighted by Gasteiger charge is -1.97. The molecule has 0 amide bonds. The third-order valence-corrected chi connectivity index (χ3v) is 1.44. The number of aliphatic imine (C=N–C) groups is 2. The lowest BCUT2D eigenvalue weighted by molar-refractivity contribution is 1.44. The first kappa shape index (κ1) is 11.6. The van der Waals surface area contributed by atoms with Crippen molar-refractivity contribution in [1.29, 1.82) is 0 Å². The molecule has 0 unspecified atom stereocenters. The van der Waals surface area contributed by atoms with Crippen molar-refractivity contribution in [2.24, 2.45) is 9.98 Å². The zero-order chi connectivity index (χ0) is 10.1. The first-order chi connectivity index (χ1) is 6.29. The number of hydrogen-bond acceptors (Lipinski definition) is 2. The molecule has 0 saturated carbocycles. The van der Waals surface area contributed by atoms with Gasteiger partial charge in [0.2, 0.25) is 0 Å². The van der Waals surface area contributed by atoms with Gasteiger partial charge in [0.15, 0.2) is 0 Å². The quantitative estimate of drug-likeness (QED) is 0.464. The highest BCUT2D eigenvalue weighted by molar-refractivity contribution is 6.05. The van der Waals surface area contributed by atoms with Gasteiger partial charge in [-0.25, -0.2) is 0 Å². The van der Waals surface area contributed by atoms with Gasteiger partial charge in [0.05, 0.1) is 0 Å². The molecular weight excluding hydrogens is 160 g/mol. The summed E-state index contributed by atoms with van der Waals surface area (Å²) in [5.41, 5.74) is 2.00. The van der Waals surface area contributed by atoms with Crippen molar-refractivity contribution in [2.75, 3.05) is 14.1 Å². The Morgan fingerprint density at radius 3 is 1.92 bits per heavy atom. The van der Waals surface area contributed by atoms with Crippen LogP contribution in [0, 0.1) is 0 Å². The summed E-state index contributed by atoms with van der Waals surface area (Å²) < 4.78 is 0. The molecule has 0 radical (unpaired) electrons. The number of rotatable bonds is 4. The zero-order valence-electron chi connectivity index (χ0n) is 8.49. The Bertz CT molecular complexity index is 254. The maximum atomic E-state index is 3.95. The first-order valence-electron chi connectivity index (χ1n) is 4.13. The molecule has 0 aliphatic rings. The second kappa shape index (κ2) is 7.22. The molecule has 0 heterocycles. The van der Waals surface area contributed by atoms with E-state index in [0.717, 1.165) is 11.1 Å². The smallest absolute Gasteiger partial charge is 0.0302 e. The summed E-state index contributed by atoms with van der Waals surface area (Å²) in [4.78, 5) is 7.90. The maximum Gasteiger partial charge on any atom is 0.0302 e.